The predicted molar refractivity (Wildman–Crippen MR) is 148 cm³/mol. The van der Waals surface area contributed by atoms with Crippen molar-refractivity contribution in [2.24, 2.45) is 5.73 Å². The third kappa shape index (κ3) is 8.35. The highest BCUT2D eigenvalue weighted by Gasteiger charge is 2.56. The van der Waals surface area contributed by atoms with Crippen LogP contribution >= 0.6 is 0 Å². The van der Waals surface area contributed by atoms with Crippen molar-refractivity contribution in [3.05, 3.63) is 0 Å². The third-order valence-electron chi connectivity index (χ3n) is 8.51. The second kappa shape index (κ2) is 17.3. The molecule has 0 amide bonds. The van der Waals surface area contributed by atoms with E-state index in [1.807, 2.05) is 0 Å². The molecule has 4 saturated heterocycles. The van der Waals surface area contributed by atoms with Gasteiger partial charge in [-0.2, -0.15) is 0 Å². The van der Waals surface area contributed by atoms with E-state index >= 15 is 0 Å². The van der Waals surface area contributed by atoms with Crippen LogP contribution in [0.25, 0.3) is 0 Å². The fraction of sp³-hybridized carbons (Fsp3) is 0.923. The monoisotopic (exact) mass is 737 g/mol. The Kier molecular flexibility index (Phi) is 14.2. The lowest BCUT2D eigenvalue weighted by Crippen LogP contribution is -2.68. The molecule has 20 atom stereocenters. The second-order valence-electron chi connectivity index (χ2n) is 11.9. The minimum atomic E-state index is -2.25. The highest BCUT2D eigenvalue weighted by Crippen LogP contribution is 2.34. The molecular weight excluding hydrogens is 694 g/mol. The molecule has 24 nitrogen and oxygen atoms in total. The molecule has 0 aliphatic carbocycles. The average molecular weight is 738 g/mol. The SMILES string of the molecule is NCCO[C@@H]1O[C@H](CO)[C@@H](O[C@@H]2O[C@H](C(=O)O)[C@@H](O)[C@H](O[C@@H]3O[C@H](CO)[C@@H](O[C@@H]4O[C@H](C(=O)O)[C@@H](O)[C@H](O)[C@H]4O)[C@H](O)[C@H]3O)[C@H]2O)[C@H](O)[C@H]1O. The summed E-state index contributed by atoms with van der Waals surface area (Å²) < 4.78 is 42.7. The second-order valence-corrected chi connectivity index (χ2v) is 11.9. The molecule has 4 fully saturated rings. The smallest absolute Gasteiger partial charge is 0.335 e. The van der Waals surface area contributed by atoms with Gasteiger partial charge < -0.3 is 110 Å². The van der Waals surface area contributed by atoms with E-state index in [9.17, 15) is 76.0 Å². The number of rotatable bonds is 13. The maximum Gasteiger partial charge on any atom is 0.335 e. The molecule has 0 saturated carbocycles. The molecule has 0 bridgehead atoms. The molecule has 4 aliphatic rings. The first-order chi connectivity index (χ1) is 23.6. The number of aliphatic hydroxyl groups is 11. The predicted octanol–water partition coefficient (Wildman–Crippen LogP) is -9.58. The van der Waals surface area contributed by atoms with Crippen molar-refractivity contribution in [3.63, 3.8) is 0 Å². The number of carboxylic acid groups (broad SMARTS) is 2. The van der Waals surface area contributed by atoms with Crippen LogP contribution in [0, 0.1) is 0 Å². The molecule has 0 unspecified atom stereocenters. The molecular formula is C26H43NO23. The summed E-state index contributed by atoms with van der Waals surface area (Å²) in [6, 6.07) is 0. The molecule has 4 rings (SSSR count). The first kappa shape index (κ1) is 40.9. The van der Waals surface area contributed by atoms with Gasteiger partial charge in [-0.3, -0.25) is 0 Å². The Morgan fingerprint density at radius 1 is 0.500 bits per heavy atom. The van der Waals surface area contributed by atoms with Crippen molar-refractivity contribution in [3.8, 4) is 0 Å². The largest absolute Gasteiger partial charge is 0.479 e. The van der Waals surface area contributed by atoms with E-state index in [1.165, 1.54) is 0 Å². The molecule has 4 aliphatic heterocycles. The van der Waals surface area contributed by atoms with Gasteiger partial charge in [0, 0.05) is 6.54 Å². The number of carbonyl (C=O) groups is 2. The minimum absolute atomic E-state index is 0.0123. The molecule has 0 aromatic rings. The lowest BCUT2D eigenvalue weighted by molar-refractivity contribution is -0.385. The Morgan fingerprint density at radius 2 is 0.900 bits per heavy atom. The fourth-order valence-electron chi connectivity index (χ4n) is 5.82. The van der Waals surface area contributed by atoms with Gasteiger partial charge in [-0.1, -0.05) is 0 Å². The normalized spacial score (nSPS) is 48.6. The van der Waals surface area contributed by atoms with Crippen LogP contribution in [0.1, 0.15) is 0 Å². The summed E-state index contributed by atoms with van der Waals surface area (Å²) in [6.07, 6.45) is -39.7. The molecule has 0 spiro atoms. The number of aliphatic hydroxyl groups excluding tert-OH is 11. The van der Waals surface area contributed by atoms with Crippen molar-refractivity contribution in [1.82, 2.24) is 0 Å². The molecule has 15 N–H and O–H groups in total. The van der Waals surface area contributed by atoms with E-state index in [2.05, 4.69) is 0 Å². The van der Waals surface area contributed by atoms with Crippen LogP contribution < -0.4 is 5.73 Å². The highest BCUT2D eigenvalue weighted by atomic mass is 16.8. The average Bonchev–Trinajstić information content (AvgIpc) is 3.08. The van der Waals surface area contributed by atoms with Crippen LogP contribution in [0.5, 0.6) is 0 Å². The minimum Gasteiger partial charge on any atom is -0.479 e. The van der Waals surface area contributed by atoms with Gasteiger partial charge in [0.1, 0.15) is 85.5 Å². The van der Waals surface area contributed by atoms with E-state index in [-0.39, 0.29) is 13.2 Å². The Balaban J connectivity index is 1.50. The van der Waals surface area contributed by atoms with E-state index in [4.69, 9.17) is 43.6 Å². The molecule has 50 heavy (non-hydrogen) atoms. The Hall–Kier alpha value is -1.86. The zero-order valence-corrected chi connectivity index (χ0v) is 25.8. The van der Waals surface area contributed by atoms with Gasteiger partial charge in [-0.05, 0) is 0 Å². The Morgan fingerprint density at radius 3 is 1.38 bits per heavy atom. The Bertz CT molecular complexity index is 1120. The number of hydrogen-bond acceptors (Lipinski definition) is 22. The summed E-state index contributed by atoms with van der Waals surface area (Å²) in [7, 11) is 0. The number of ether oxygens (including phenoxy) is 8. The van der Waals surface area contributed by atoms with E-state index < -0.39 is 148 Å². The number of aliphatic carboxylic acids is 2. The van der Waals surface area contributed by atoms with Crippen LogP contribution in [-0.4, -0.2) is 228 Å². The topological polar surface area (TPSA) is 397 Å². The van der Waals surface area contributed by atoms with Crippen LogP contribution in [0.4, 0.5) is 0 Å². The number of carboxylic acids is 2. The van der Waals surface area contributed by atoms with Gasteiger partial charge >= 0.3 is 11.9 Å². The molecule has 24 heteroatoms. The molecule has 0 aromatic carbocycles. The zero-order valence-electron chi connectivity index (χ0n) is 25.8. The van der Waals surface area contributed by atoms with Crippen LogP contribution in [-0.2, 0) is 47.5 Å². The quantitative estimate of drug-likeness (QED) is 0.0834. The summed E-state index contributed by atoms with van der Waals surface area (Å²) in [5.41, 5.74) is 5.36. The van der Waals surface area contributed by atoms with Crippen molar-refractivity contribution in [1.29, 1.82) is 0 Å². The summed E-state index contributed by atoms with van der Waals surface area (Å²) >= 11 is 0. The van der Waals surface area contributed by atoms with Gasteiger partial charge in [-0.15, -0.1) is 0 Å². The Labute approximate surface area is 281 Å². The van der Waals surface area contributed by atoms with Crippen LogP contribution in [0.3, 0.4) is 0 Å². The zero-order chi connectivity index (χ0) is 37.2. The standard InChI is InChI=1S/C26H43NO23/c27-1-2-43-23-12(35)9(32)16(5(3-28)44-23)47-26-15(38)18(14(37)20(50-26)22(41)42)48-24-13(36)10(33)17(6(4-29)45-24)46-25-11(34)7(30)8(31)19(49-25)21(39)40/h5-20,23-26,28-38H,1-4,27H2,(H,39,40)(H,41,42)/t5-,6-,7+,8+,9-,10-,11-,12-,13-,14+,15-,16-,17-,18+,19+,20+,23-,24+,25-,26-/m1/s1. The molecule has 0 aromatic heterocycles. The number of hydrogen-bond donors (Lipinski definition) is 14. The maximum absolute atomic E-state index is 12.0. The first-order valence-electron chi connectivity index (χ1n) is 15.3. The van der Waals surface area contributed by atoms with E-state index in [0.29, 0.717) is 0 Å². The van der Waals surface area contributed by atoms with Gasteiger partial charge in [0.05, 0.1) is 19.8 Å². The number of nitrogens with two attached hydrogens (primary N) is 1. The van der Waals surface area contributed by atoms with Gasteiger partial charge in [-0.25, -0.2) is 9.59 Å². The van der Waals surface area contributed by atoms with E-state index in [1.54, 1.807) is 0 Å². The first-order valence-corrected chi connectivity index (χ1v) is 15.3. The maximum atomic E-state index is 12.0. The lowest BCUT2D eigenvalue weighted by atomic mass is 9.95. The van der Waals surface area contributed by atoms with Gasteiger partial charge in [0.2, 0.25) is 0 Å². The summed E-state index contributed by atoms with van der Waals surface area (Å²) in [5, 5.41) is 134. The highest BCUT2D eigenvalue weighted by molar-refractivity contribution is 5.73. The van der Waals surface area contributed by atoms with Crippen LogP contribution in [0.2, 0.25) is 0 Å². The third-order valence-corrected chi connectivity index (χ3v) is 8.51. The van der Waals surface area contributed by atoms with Crippen molar-refractivity contribution >= 4 is 11.9 Å². The van der Waals surface area contributed by atoms with Crippen LogP contribution in [0.15, 0.2) is 0 Å². The van der Waals surface area contributed by atoms with Crippen molar-refractivity contribution in [2.75, 3.05) is 26.4 Å². The fourth-order valence-corrected chi connectivity index (χ4v) is 5.82. The van der Waals surface area contributed by atoms with E-state index in [0.717, 1.165) is 0 Å². The summed E-state index contributed by atoms with van der Waals surface area (Å²) in [6.45, 7) is -1.98. The summed E-state index contributed by atoms with van der Waals surface area (Å²) in [5.74, 6) is -3.57. The lowest BCUT2D eigenvalue weighted by Gasteiger charge is -2.48. The molecule has 0 radical (unpaired) electrons. The van der Waals surface area contributed by atoms with Gasteiger partial charge in [0.15, 0.2) is 37.4 Å². The summed E-state index contributed by atoms with van der Waals surface area (Å²) in [4.78, 5) is 23.4. The molecule has 4 heterocycles. The van der Waals surface area contributed by atoms with Gasteiger partial charge in [0.25, 0.3) is 0 Å². The van der Waals surface area contributed by atoms with Crippen molar-refractivity contribution in [2.45, 2.75) is 123 Å². The van der Waals surface area contributed by atoms with Crippen molar-refractivity contribution < 1.29 is 114 Å². The molecule has 290 valence electrons.